The van der Waals surface area contributed by atoms with Gasteiger partial charge in [0, 0.05) is 0 Å². The molecule has 3 heteroatoms. The van der Waals surface area contributed by atoms with E-state index >= 15 is 0 Å². The van der Waals surface area contributed by atoms with Crippen molar-refractivity contribution in [3.05, 3.63) is 65.2 Å². The number of ether oxygens (including phenoxy) is 1. The Kier molecular flexibility index (Phi) is 4.41. The van der Waals surface area contributed by atoms with E-state index in [4.69, 9.17) is 9.84 Å². The maximum absolute atomic E-state index is 11.0. The van der Waals surface area contributed by atoms with Crippen LogP contribution in [0.1, 0.15) is 41.3 Å². The van der Waals surface area contributed by atoms with Gasteiger partial charge in [0.25, 0.3) is 0 Å². The van der Waals surface area contributed by atoms with E-state index in [1.165, 1.54) is 0 Å². The molecule has 2 aromatic carbocycles. The zero-order valence-corrected chi connectivity index (χ0v) is 11.7. The maximum Gasteiger partial charge on any atom is 0.335 e. The van der Waals surface area contributed by atoms with Crippen molar-refractivity contribution >= 4 is 5.97 Å². The van der Waals surface area contributed by atoms with Crippen LogP contribution in [-0.2, 0) is 6.61 Å². The lowest BCUT2D eigenvalue weighted by Gasteiger charge is -2.15. The SMILES string of the molecule is CC(C)c1cc(C(=O)O)ccc1OCc1ccccc1. The third-order valence-corrected chi connectivity index (χ3v) is 3.12. The van der Waals surface area contributed by atoms with E-state index in [-0.39, 0.29) is 5.92 Å². The van der Waals surface area contributed by atoms with Gasteiger partial charge >= 0.3 is 5.97 Å². The third kappa shape index (κ3) is 3.38. The first kappa shape index (κ1) is 14.1. The highest BCUT2D eigenvalue weighted by Gasteiger charge is 2.12. The number of hydrogen-bond donors (Lipinski definition) is 1. The average molecular weight is 270 g/mol. The zero-order valence-electron chi connectivity index (χ0n) is 11.7. The molecule has 0 saturated carbocycles. The molecule has 3 nitrogen and oxygen atoms in total. The Morgan fingerprint density at radius 1 is 1.15 bits per heavy atom. The van der Waals surface area contributed by atoms with E-state index in [1.54, 1.807) is 18.2 Å². The Bertz CT molecular complexity index is 588. The molecule has 2 rings (SSSR count). The van der Waals surface area contributed by atoms with E-state index < -0.39 is 5.97 Å². The minimum atomic E-state index is -0.915. The first-order valence-corrected chi connectivity index (χ1v) is 6.62. The van der Waals surface area contributed by atoms with Crippen molar-refractivity contribution in [2.75, 3.05) is 0 Å². The summed E-state index contributed by atoms with van der Waals surface area (Å²) in [6.45, 7) is 4.53. The molecule has 0 spiro atoms. The molecular formula is C17H18O3. The van der Waals surface area contributed by atoms with Gasteiger partial charge in [-0.3, -0.25) is 0 Å². The molecule has 0 saturated heterocycles. The van der Waals surface area contributed by atoms with E-state index in [1.807, 2.05) is 44.2 Å². The van der Waals surface area contributed by atoms with Crippen molar-refractivity contribution in [3.63, 3.8) is 0 Å². The Labute approximate surface area is 118 Å². The number of hydrogen-bond acceptors (Lipinski definition) is 2. The second-order valence-corrected chi connectivity index (χ2v) is 4.99. The normalized spacial score (nSPS) is 10.6. The topological polar surface area (TPSA) is 46.5 Å². The van der Waals surface area contributed by atoms with Gasteiger partial charge < -0.3 is 9.84 Å². The van der Waals surface area contributed by atoms with Crippen LogP contribution in [0.2, 0.25) is 0 Å². The molecule has 0 aliphatic carbocycles. The minimum Gasteiger partial charge on any atom is -0.489 e. The molecule has 0 unspecified atom stereocenters. The lowest BCUT2D eigenvalue weighted by atomic mass is 9.99. The second kappa shape index (κ2) is 6.24. The third-order valence-electron chi connectivity index (χ3n) is 3.12. The molecule has 0 heterocycles. The Morgan fingerprint density at radius 3 is 2.45 bits per heavy atom. The smallest absolute Gasteiger partial charge is 0.335 e. The van der Waals surface area contributed by atoms with E-state index in [0.29, 0.717) is 12.2 Å². The summed E-state index contributed by atoms with van der Waals surface area (Å²) in [5.41, 5.74) is 2.30. The van der Waals surface area contributed by atoms with Crippen molar-refractivity contribution in [2.24, 2.45) is 0 Å². The van der Waals surface area contributed by atoms with Crippen molar-refractivity contribution < 1.29 is 14.6 Å². The fourth-order valence-electron chi connectivity index (χ4n) is 2.00. The van der Waals surface area contributed by atoms with Gasteiger partial charge in [-0.2, -0.15) is 0 Å². The molecule has 0 bridgehead atoms. The van der Waals surface area contributed by atoms with Crippen molar-refractivity contribution in [1.29, 1.82) is 0 Å². The monoisotopic (exact) mass is 270 g/mol. The molecule has 0 aromatic heterocycles. The molecule has 0 radical (unpaired) electrons. The van der Waals surface area contributed by atoms with Gasteiger partial charge in [-0.25, -0.2) is 4.79 Å². The van der Waals surface area contributed by atoms with Crippen molar-refractivity contribution in [3.8, 4) is 5.75 Å². The first-order chi connectivity index (χ1) is 9.58. The summed E-state index contributed by atoms with van der Waals surface area (Å²) in [6, 6.07) is 14.9. The van der Waals surface area contributed by atoms with Crippen LogP contribution in [0.25, 0.3) is 0 Å². The summed E-state index contributed by atoms with van der Waals surface area (Å²) in [7, 11) is 0. The van der Waals surface area contributed by atoms with Crippen LogP contribution < -0.4 is 4.74 Å². The van der Waals surface area contributed by atoms with Crippen molar-refractivity contribution in [2.45, 2.75) is 26.4 Å². The molecule has 0 aliphatic heterocycles. The number of carboxylic acid groups (broad SMARTS) is 1. The van der Waals surface area contributed by atoms with Crippen LogP contribution >= 0.6 is 0 Å². The number of benzene rings is 2. The van der Waals surface area contributed by atoms with Gasteiger partial charge in [-0.05, 0) is 35.2 Å². The summed E-state index contributed by atoms with van der Waals surface area (Å²) < 4.78 is 5.83. The van der Waals surface area contributed by atoms with E-state index in [9.17, 15) is 4.79 Å². The van der Waals surface area contributed by atoms with Gasteiger partial charge in [-0.1, -0.05) is 44.2 Å². The van der Waals surface area contributed by atoms with E-state index in [0.717, 1.165) is 16.9 Å². The molecule has 2 aromatic rings. The fourth-order valence-corrected chi connectivity index (χ4v) is 2.00. The summed E-state index contributed by atoms with van der Waals surface area (Å²) in [4.78, 5) is 11.0. The molecule has 0 atom stereocenters. The van der Waals surface area contributed by atoms with Crippen LogP contribution in [0, 0.1) is 0 Å². The zero-order chi connectivity index (χ0) is 14.5. The van der Waals surface area contributed by atoms with Crippen LogP contribution in [0.3, 0.4) is 0 Å². The summed E-state index contributed by atoms with van der Waals surface area (Å²) in [5.74, 6) is 0.0374. The second-order valence-electron chi connectivity index (χ2n) is 4.99. The first-order valence-electron chi connectivity index (χ1n) is 6.62. The van der Waals surface area contributed by atoms with Gasteiger partial charge in [0.05, 0.1) is 5.56 Å². The van der Waals surface area contributed by atoms with Crippen LogP contribution in [-0.4, -0.2) is 11.1 Å². The maximum atomic E-state index is 11.0. The van der Waals surface area contributed by atoms with Gasteiger partial charge in [-0.15, -0.1) is 0 Å². The van der Waals surface area contributed by atoms with Crippen LogP contribution in [0.5, 0.6) is 5.75 Å². The molecule has 0 aliphatic rings. The number of aromatic carboxylic acids is 1. The van der Waals surface area contributed by atoms with Gasteiger partial charge in [0.15, 0.2) is 0 Å². The number of carbonyl (C=O) groups is 1. The standard InChI is InChI=1S/C17H18O3/c1-12(2)15-10-14(17(18)19)8-9-16(15)20-11-13-6-4-3-5-7-13/h3-10,12H,11H2,1-2H3,(H,18,19). The molecule has 0 amide bonds. The lowest BCUT2D eigenvalue weighted by Crippen LogP contribution is -2.03. The largest absolute Gasteiger partial charge is 0.489 e. The minimum absolute atomic E-state index is 0.208. The Morgan fingerprint density at radius 2 is 1.85 bits per heavy atom. The fraction of sp³-hybridized carbons (Fsp3) is 0.235. The quantitative estimate of drug-likeness (QED) is 0.890. The Balaban J connectivity index is 2.20. The van der Waals surface area contributed by atoms with Crippen molar-refractivity contribution in [1.82, 2.24) is 0 Å². The predicted octanol–water partition coefficient (Wildman–Crippen LogP) is 4.09. The predicted molar refractivity (Wildman–Crippen MR) is 78.3 cm³/mol. The van der Waals surface area contributed by atoms with Gasteiger partial charge in [0.1, 0.15) is 12.4 Å². The highest BCUT2D eigenvalue weighted by atomic mass is 16.5. The molecule has 1 N–H and O–H groups in total. The highest BCUT2D eigenvalue weighted by Crippen LogP contribution is 2.28. The van der Waals surface area contributed by atoms with Crippen LogP contribution in [0.4, 0.5) is 0 Å². The molecule has 0 fully saturated rings. The average Bonchev–Trinajstić information content (AvgIpc) is 2.45. The molecular weight excluding hydrogens is 252 g/mol. The number of rotatable bonds is 5. The number of carboxylic acids is 1. The Hall–Kier alpha value is -2.29. The summed E-state index contributed by atoms with van der Waals surface area (Å²) in [6.07, 6.45) is 0. The summed E-state index contributed by atoms with van der Waals surface area (Å²) in [5, 5.41) is 9.05. The van der Waals surface area contributed by atoms with Gasteiger partial charge in [0.2, 0.25) is 0 Å². The lowest BCUT2D eigenvalue weighted by molar-refractivity contribution is 0.0696. The highest BCUT2D eigenvalue weighted by molar-refractivity contribution is 5.88. The molecule has 20 heavy (non-hydrogen) atoms. The molecule has 104 valence electrons. The van der Waals surface area contributed by atoms with E-state index in [2.05, 4.69) is 0 Å². The van der Waals surface area contributed by atoms with Crippen LogP contribution in [0.15, 0.2) is 48.5 Å². The summed E-state index contributed by atoms with van der Waals surface area (Å²) >= 11 is 0.